The lowest BCUT2D eigenvalue weighted by atomic mass is 10.2. The molecule has 23 heavy (non-hydrogen) atoms. The van der Waals surface area contributed by atoms with E-state index < -0.39 is 12.0 Å². The van der Waals surface area contributed by atoms with Crippen LogP contribution in [0.4, 0.5) is 16.2 Å². The summed E-state index contributed by atoms with van der Waals surface area (Å²) in [5.74, 6) is -0.778. The number of carboxylic acid groups (broad SMARTS) is 1. The lowest BCUT2D eigenvalue weighted by molar-refractivity contribution is 0.0697. The molecule has 120 valence electrons. The van der Waals surface area contributed by atoms with Crippen LogP contribution in [0.1, 0.15) is 10.4 Å². The summed E-state index contributed by atoms with van der Waals surface area (Å²) in [5.41, 5.74) is 0.686. The summed E-state index contributed by atoms with van der Waals surface area (Å²) in [7, 11) is 1.41. The molecule has 0 heterocycles. The third-order valence-electron chi connectivity index (χ3n) is 2.87. The zero-order valence-corrected chi connectivity index (χ0v) is 13.4. The van der Waals surface area contributed by atoms with Gasteiger partial charge in [-0.2, -0.15) is 0 Å². The average molecular weight is 355 g/mol. The number of rotatable bonds is 4. The van der Waals surface area contributed by atoms with E-state index in [0.29, 0.717) is 21.5 Å². The molecule has 0 saturated carbocycles. The number of aromatic carboxylic acids is 1. The number of urea groups is 1. The molecule has 0 bridgehead atoms. The topological polar surface area (TPSA) is 87.7 Å². The van der Waals surface area contributed by atoms with E-state index in [2.05, 4.69) is 10.6 Å². The third-order valence-corrected chi connectivity index (χ3v) is 3.61. The normalized spacial score (nSPS) is 10.0. The first kappa shape index (κ1) is 16.9. The van der Waals surface area contributed by atoms with E-state index in [9.17, 15) is 9.59 Å². The van der Waals surface area contributed by atoms with Crippen LogP contribution in [0, 0.1) is 0 Å². The van der Waals surface area contributed by atoms with Crippen molar-refractivity contribution in [2.75, 3.05) is 17.7 Å². The number of methoxy groups -OCH3 is 1. The maximum Gasteiger partial charge on any atom is 0.335 e. The predicted molar refractivity (Wildman–Crippen MR) is 89.1 cm³/mol. The Labute approximate surface area is 142 Å². The van der Waals surface area contributed by atoms with Crippen molar-refractivity contribution in [1.29, 1.82) is 0 Å². The average Bonchev–Trinajstić information content (AvgIpc) is 2.50. The Morgan fingerprint density at radius 2 is 1.78 bits per heavy atom. The van der Waals surface area contributed by atoms with Gasteiger partial charge >= 0.3 is 12.0 Å². The highest BCUT2D eigenvalue weighted by Gasteiger charge is 2.12. The molecule has 8 heteroatoms. The summed E-state index contributed by atoms with van der Waals surface area (Å²) < 4.78 is 5.09. The Balaban J connectivity index is 2.17. The van der Waals surface area contributed by atoms with E-state index in [1.54, 1.807) is 12.1 Å². The van der Waals surface area contributed by atoms with Crippen LogP contribution in [0.25, 0.3) is 0 Å². The van der Waals surface area contributed by atoms with Crippen molar-refractivity contribution in [1.82, 2.24) is 0 Å². The largest absolute Gasteiger partial charge is 0.495 e. The molecule has 0 spiro atoms. The van der Waals surface area contributed by atoms with Crippen LogP contribution in [-0.4, -0.2) is 24.2 Å². The van der Waals surface area contributed by atoms with Crippen molar-refractivity contribution in [3.8, 4) is 5.75 Å². The molecule has 2 rings (SSSR count). The van der Waals surface area contributed by atoms with Crippen molar-refractivity contribution in [3.05, 3.63) is 52.0 Å². The lowest BCUT2D eigenvalue weighted by Crippen LogP contribution is -2.20. The molecule has 0 aromatic heterocycles. The Morgan fingerprint density at radius 3 is 2.39 bits per heavy atom. The standard InChI is InChI=1S/C15H12Cl2N2O4/c1-23-13-5-2-8(14(20)21)6-12(13)19-15(22)18-9-3-4-10(16)11(17)7-9/h2-7H,1H3,(H,20,21)(H2,18,19,22). The van der Waals surface area contributed by atoms with Crippen molar-refractivity contribution in [2.24, 2.45) is 0 Å². The zero-order chi connectivity index (χ0) is 17.0. The van der Waals surface area contributed by atoms with Gasteiger partial charge in [0.05, 0.1) is 28.4 Å². The van der Waals surface area contributed by atoms with Gasteiger partial charge in [0.25, 0.3) is 0 Å². The first-order valence-corrected chi connectivity index (χ1v) is 7.10. The van der Waals surface area contributed by atoms with Gasteiger partial charge in [-0.05, 0) is 36.4 Å². The van der Waals surface area contributed by atoms with Gasteiger partial charge in [0.2, 0.25) is 0 Å². The number of ether oxygens (including phenoxy) is 1. The van der Waals surface area contributed by atoms with Crippen LogP contribution in [0.3, 0.4) is 0 Å². The zero-order valence-electron chi connectivity index (χ0n) is 11.9. The second kappa shape index (κ2) is 7.21. The van der Waals surface area contributed by atoms with E-state index in [-0.39, 0.29) is 11.3 Å². The Kier molecular flexibility index (Phi) is 5.31. The summed E-state index contributed by atoms with van der Waals surface area (Å²) in [6.45, 7) is 0. The Bertz CT molecular complexity index is 765. The molecule has 0 atom stereocenters. The van der Waals surface area contributed by atoms with Gasteiger partial charge in [-0.25, -0.2) is 9.59 Å². The minimum atomic E-state index is -1.11. The van der Waals surface area contributed by atoms with E-state index in [1.807, 2.05) is 0 Å². The van der Waals surface area contributed by atoms with Crippen molar-refractivity contribution >= 4 is 46.6 Å². The third kappa shape index (κ3) is 4.28. The second-order valence-corrected chi connectivity index (χ2v) is 5.24. The molecule has 2 aromatic carbocycles. The quantitative estimate of drug-likeness (QED) is 0.761. The fraction of sp³-hybridized carbons (Fsp3) is 0.0667. The highest BCUT2D eigenvalue weighted by Crippen LogP contribution is 2.27. The van der Waals surface area contributed by atoms with Gasteiger partial charge in [0, 0.05) is 5.69 Å². The monoisotopic (exact) mass is 354 g/mol. The van der Waals surface area contributed by atoms with E-state index in [1.165, 1.54) is 31.4 Å². The van der Waals surface area contributed by atoms with Gasteiger partial charge in [-0.1, -0.05) is 23.2 Å². The fourth-order valence-electron chi connectivity index (χ4n) is 1.80. The molecule has 0 saturated heterocycles. The summed E-state index contributed by atoms with van der Waals surface area (Å²) in [4.78, 5) is 23.0. The number of carbonyl (C=O) groups excluding carboxylic acids is 1. The number of anilines is 2. The maximum atomic E-state index is 12.0. The minimum absolute atomic E-state index is 0.0237. The van der Waals surface area contributed by atoms with Crippen LogP contribution in [0.15, 0.2) is 36.4 Å². The summed E-state index contributed by atoms with van der Waals surface area (Å²) >= 11 is 11.7. The number of carbonyl (C=O) groups is 2. The molecule has 0 aliphatic rings. The number of amides is 2. The summed E-state index contributed by atoms with van der Waals surface area (Å²) in [6, 6.07) is 8.18. The number of halogens is 2. The smallest absolute Gasteiger partial charge is 0.335 e. The number of hydrogen-bond donors (Lipinski definition) is 3. The first-order chi connectivity index (χ1) is 10.9. The van der Waals surface area contributed by atoms with E-state index in [4.69, 9.17) is 33.0 Å². The van der Waals surface area contributed by atoms with Gasteiger partial charge < -0.3 is 20.5 Å². The number of hydrogen-bond acceptors (Lipinski definition) is 3. The molecule has 0 fully saturated rings. The summed E-state index contributed by atoms with van der Waals surface area (Å²) in [5, 5.41) is 14.8. The van der Waals surface area contributed by atoms with Gasteiger partial charge in [0.15, 0.2) is 0 Å². The Hall–Kier alpha value is -2.44. The van der Waals surface area contributed by atoms with Crippen LogP contribution in [0.5, 0.6) is 5.75 Å². The molecule has 0 unspecified atom stereocenters. The van der Waals surface area contributed by atoms with Crippen molar-refractivity contribution in [3.63, 3.8) is 0 Å². The highest BCUT2D eigenvalue weighted by atomic mass is 35.5. The number of nitrogens with one attached hydrogen (secondary N) is 2. The molecule has 0 aliphatic carbocycles. The fourth-order valence-corrected chi connectivity index (χ4v) is 2.10. The Morgan fingerprint density at radius 1 is 1.04 bits per heavy atom. The molecular weight excluding hydrogens is 343 g/mol. The molecular formula is C15H12Cl2N2O4. The number of carboxylic acids is 1. The minimum Gasteiger partial charge on any atom is -0.495 e. The van der Waals surface area contributed by atoms with Crippen molar-refractivity contribution < 1.29 is 19.4 Å². The number of benzene rings is 2. The molecule has 6 nitrogen and oxygen atoms in total. The van der Waals surface area contributed by atoms with E-state index in [0.717, 1.165) is 0 Å². The van der Waals surface area contributed by atoms with Gasteiger partial charge in [-0.15, -0.1) is 0 Å². The summed E-state index contributed by atoms with van der Waals surface area (Å²) in [6.07, 6.45) is 0. The molecule has 2 aromatic rings. The SMILES string of the molecule is COc1ccc(C(=O)O)cc1NC(=O)Nc1ccc(Cl)c(Cl)c1. The van der Waals surface area contributed by atoms with Gasteiger partial charge in [0.1, 0.15) is 5.75 Å². The van der Waals surface area contributed by atoms with Crippen LogP contribution in [-0.2, 0) is 0 Å². The lowest BCUT2D eigenvalue weighted by Gasteiger charge is -2.12. The second-order valence-electron chi connectivity index (χ2n) is 4.43. The van der Waals surface area contributed by atoms with E-state index >= 15 is 0 Å². The molecule has 0 aliphatic heterocycles. The molecule has 2 amide bonds. The van der Waals surface area contributed by atoms with Crippen LogP contribution < -0.4 is 15.4 Å². The van der Waals surface area contributed by atoms with Crippen molar-refractivity contribution in [2.45, 2.75) is 0 Å². The highest BCUT2D eigenvalue weighted by molar-refractivity contribution is 6.42. The predicted octanol–water partition coefficient (Wildman–Crippen LogP) is 4.34. The molecule has 3 N–H and O–H groups in total. The maximum absolute atomic E-state index is 12.0. The van der Waals surface area contributed by atoms with Gasteiger partial charge in [-0.3, -0.25) is 0 Å². The first-order valence-electron chi connectivity index (χ1n) is 6.35. The molecule has 0 radical (unpaired) electrons. The van der Waals surface area contributed by atoms with Crippen LogP contribution >= 0.6 is 23.2 Å². The van der Waals surface area contributed by atoms with Crippen LogP contribution in [0.2, 0.25) is 10.0 Å².